The van der Waals surface area contributed by atoms with Gasteiger partial charge in [-0.2, -0.15) is 74.6 Å². The van der Waals surface area contributed by atoms with Crippen LogP contribution in [0.15, 0.2) is 0 Å². The van der Waals surface area contributed by atoms with E-state index in [1.165, 1.54) is 24.6 Å². The molecular weight excluding hydrogens is 626 g/mol. The van der Waals surface area contributed by atoms with Gasteiger partial charge >= 0.3 is 47.0 Å². The van der Waals surface area contributed by atoms with Gasteiger partial charge in [-0.3, -0.25) is 0 Å². The molecule has 0 rings (SSSR count). The van der Waals surface area contributed by atoms with Crippen molar-refractivity contribution in [3.05, 3.63) is 0 Å². The molecule has 0 fully saturated rings. The summed E-state index contributed by atoms with van der Waals surface area (Å²) in [5.74, 6) is -52.1. The Bertz CT molecular complexity index is 878. The quantitative estimate of drug-likeness (QED) is 0.132. The van der Waals surface area contributed by atoms with Gasteiger partial charge in [-0.15, -0.1) is 0 Å². The lowest BCUT2D eigenvalue weighted by atomic mass is 9.91. The molecule has 232 valence electrons. The molecule has 0 aliphatic rings. The molecule has 0 N–H and O–H groups in total. The predicted molar refractivity (Wildman–Crippen MR) is 99.5 cm³/mol. The Balaban J connectivity index is 0. The van der Waals surface area contributed by atoms with Gasteiger partial charge in [-0.25, -0.2) is 8.42 Å². The van der Waals surface area contributed by atoms with Gasteiger partial charge in [0.15, 0.2) is 10.1 Å². The molecule has 0 spiro atoms. The highest BCUT2D eigenvalue weighted by atomic mass is 32.2. The molecule has 0 aliphatic carbocycles. The van der Waals surface area contributed by atoms with Crippen LogP contribution in [-0.4, -0.2) is 84.6 Å². The maximum atomic E-state index is 13.0. The summed E-state index contributed by atoms with van der Waals surface area (Å²) >= 11 is 0. The molecule has 0 bridgehead atoms. The topological polar surface area (TPSA) is 57.2 Å². The molecule has 0 atom stereocenters. The fourth-order valence-electron chi connectivity index (χ4n) is 2.65. The number of alkyl halides is 17. The zero-order valence-corrected chi connectivity index (χ0v) is 21.0. The zero-order chi connectivity index (χ0) is 31.8. The molecule has 0 unspecified atom stereocenters. The standard InChI is InChI=1S/C8HF17O3S.C8H20P/c9-1(10,3(13,14)5(17,18)7(21,22)23)2(11,12)4(15,16)6(19,20)8(24,25)29(26,27)28;1-5-9(6-2,7-3)8-4/h(H,26,27,28);5-8H2,1-4H3/q;+1/p-1. The van der Waals surface area contributed by atoms with Crippen molar-refractivity contribution in [2.75, 3.05) is 24.6 Å². The van der Waals surface area contributed by atoms with Crippen LogP contribution in [0, 0.1) is 0 Å². The number of hydrogen-bond donors (Lipinski definition) is 0. The van der Waals surface area contributed by atoms with Crippen LogP contribution in [0.2, 0.25) is 0 Å². The SMILES string of the molecule is CC[P+](CC)(CC)CC.O=S(=O)([O-])C(F)(F)C(F)(F)C(F)(F)C(F)(F)C(F)(F)C(F)(F)C(F)(F)C(F)(F)F. The lowest BCUT2D eigenvalue weighted by molar-refractivity contribution is -0.458. The minimum atomic E-state index is -8.92. The summed E-state index contributed by atoms with van der Waals surface area (Å²) in [5, 5.41) is -7.95. The fraction of sp³-hybridized carbons (Fsp3) is 1.00. The zero-order valence-electron chi connectivity index (χ0n) is 19.3. The van der Waals surface area contributed by atoms with Crippen LogP contribution >= 0.6 is 7.26 Å². The Morgan fingerprint density at radius 1 is 0.474 bits per heavy atom. The van der Waals surface area contributed by atoms with Gasteiger partial charge in [0.05, 0.1) is 24.6 Å². The van der Waals surface area contributed by atoms with Gasteiger partial charge in [0.25, 0.3) is 0 Å². The second kappa shape index (κ2) is 11.2. The summed E-state index contributed by atoms with van der Waals surface area (Å²) in [4.78, 5) is 0. The third kappa shape index (κ3) is 5.93. The van der Waals surface area contributed by atoms with E-state index in [1.54, 1.807) is 0 Å². The van der Waals surface area contributed by atoms with E-state index in [2.05, 4.69) is 27.7 Å². The molecule has 22 heteroatoms. The molecule has 0 aromatic rings. The first-order valence-corrected chi connectivity index (χ1v) is 13.7. The molecule has 0 heterocycles. The van der Waals surface area contributed by atoms with Gasteiger partial charge in [0, 0.05) is 7.26 Å². The minimum absolute atomic E-state index is 0.420. The van der Waals surface area contributed by atoms with Crippen LogP contribution in [-0.2, 0) is 10.1 Å². The van der Waals surface area contributed by atoms with E-state index >= 15 is 0 Å². The van der Waals surface area contributed by atoms with Crippen molar-refractivity contribution < 1.29 is 87.6 Å². The van der Waals surface area contributed by atoms with Crippen LogP contribution in [0.1, 0.15) is 27.7 Å². The van der Waals surface area contributed by atoms with Gasteiger partial charge < -0.3 is 4.55 Å². The Labute approximate surface area is 205 Å². The monoisotopic (exact) mass is 646 g/mol. The highest BCUT2D eigenvalue weighted by molar-refractivity contribution is 7.86. The normalized spacial score (nSPS) is 15.7. The molecule has 38 heavy (non-hydrogen) atoms. The fourth-order valence-corrected chi connectivity index (χ4v) is 5.77. The average molecular weight is 646 g/mol. The van der Waals surface area contributed by atoms with Crippen molar-refractivity contribution in [2.24, 2.45) is 0 Å². The van der Waals surface area contributed by atoms with Crippen molar-refractivity contribution in [1.82, 2.24) is 0 Å². The highest BCUT2D eigenvalue weighted by Gasteiger charge is 2.95. The summed E-state index contributed by atoms with van der Waals surface area (Å²) in [5.41, 5.74) is 0. The maximum Gasteiger partial charge on any atom is 0.460 e. The number of halogens is 17. The van der Waals surface area contributed by atoms with Gasteiger partial charge in [0.1, 0.15) is 0 Å². The summed E-state index contributed by atoms with van der Waals surface area (Å²) in [7, 11) is -8.56. The molecule has 0 aromatic heterocycles. The second-order valence-corrected chi connectivity index (χ2v) is 14.2. The highest BCUT2D eigenvalue weighted by Crippen LogP contribution is 2.64. The third-order valence-electron chi connectivity index (χ3n) is 5.69. The van der Waals surface area contributed by atoms with E-state index in [0.717, 1.165) is 0 Å². The largest absolute Gasteiger partial charge is 0.743 e. The smallest absolute Gasteiger partial charge is 0.460 e. The molecule has 0 saturated heterocycles. The van der Waals surface area contributed by atoms with Crippen molar-refractivity contribution in [3.8, 4) is 0 Å². The van der Waals surface area contributed by atoms with Crippen LogP contribution in [0.25, 0.3) is 0 Å². The summed E-state index contributed by atoms with van der Waals surface area (Å²) in [6.45, 7) is 9.41. The average Bonchev–Trinajstić information content (AvgIpc) is 2.73. The van der Waals surface area contributed by atoms with E-state index in [4.69, 9.17) is 0 Å². The summed E-state index contributed by atoms with van der Waals surface area (Å²) in [6.07, 6.45) is -2.07. The Kier molecular flexibility index (Phi) is 11.6. The Morgan fingerprint density at radius 3 is 0.842 bits per heavy atom. The van der Waals surface area contributed by atoms with Gasteiger partial charge in [-0.1, -0.05) is 0 Å². The van der Waals surface area contributed by atoms with E-state index in [0.29, 0.717) is 0 Å². The Hall–Kier alpha value is -0.850. The van der Waals surface area contributed by atoms with E-state index in [1.807, 2.05) is 0 Å². The molecule has 3 nitrogen and oxygen atoms in total. The lowest BCUT2D eigenvalue weighted by Crippen LogP contribution is -2.75. The first-order chi connectivity index (χ1) is 16.2. The van der Waals surface area contributed by atoms with Crippen LogP contribution < -0.4 is 0 Å². The summed E-state index contributed by atoms with van der Waals surface area (Å²) in [6, 6.07) is 0. The second-order valence-electron chi connectivity index (χ2n) is 7.52. The number of rotatable bonds is 11. The van der Waals surface area contributed by atoms with Crippen LogP contribution in [0.5, 0.6) is 0 Å². The number of hydrogen-bond acceptors (Lipinski definition) is 3. The minimum Gasteiger partial charge on any atom is -0.743 e. The first kappa shape index (κ1) is 39.3. The van der Waals surface area contributed by atoms with Crippen molar-refractivity contribution >= 4 is 17.4 Å². The first-order valence-electron chi connectivity index (χ1n) is 9.76. The molecular formula is C16H20F17O3PS. The lowest BCUT2D eigenvalue weighted by Gasteiger charge is -2.42. The Morgan fingerprint density at radius 2 is 0.684 bits per heavy atom. The maximum absolute atomic E-state index is 13.0. The van der Waals surface area contributed by atoms with Crippen molar-refractivity contribution in [3.63, 3.8) is 0 Å². The predicted octanol–water partition coefficient (Wildman–Crippen LogP) is 7.58. The van der Waals surface area contributed by atoms with Crippen molar-refractivity contribution in [2.45, 2.75) is 74.7 Å². The molecule has 0 saturated carbocycles. The molecule has 0 amide bonds. The molecule has 0 aromatic carbocycles. The van der Waals surface area contributed by atoms with E-state index in [-0.39, 0.29) is 0 Å². The van der Waals surface area contributed by atoms with E-state index < -0.39 is 64.3 Å². The van der Waals surface area contributed by atoms with E-state index in [9.17, 15) is 87.6 Å². The molecule has 0 radical (unpaired) electrons. The summed E-state index contributed by atoms with van der Waals surface area (Å²) < 4.78 is 244. The molecule has 0 aliphatic heterocycles. The van der Waals surface area contributed by atoms with Gasteiger partial charge in [-0.05, 0) is 27.7 Å². The van der Waals surface area contributed by atoms with Crippen LogP contribution in [0.3, 0.4) is 0 Å². The van der Waals surface area contributed by atoms with Crippen molar-refractivity contribution in [1.29, 1.82) is 0 Å². The van der Waals surface area contributed by atoms with Gasteiger partial charge in [0.2, 0.25) is 0 Å². The third-order valence-corrected chi connectivity index (χ3v) is 11.9. The van der Waals surface area contributed by atoms with Crippen LogP contribution in [0.4, 0.5) is 74.6 Å².